The lowest BCUT2D eigenvalue weighted by Crippen LogP contribution is -2.23. The van der Waals surface area contributed by atoms with Gasteiger partial charge in [-0.25, -0.2) is 0 Å². The molecular weight excluding hydrogens is 368 g/mol. The minimum Gasteiger partial charge on any atom is -0.497 e. The predicted octanol–water partition coefficient (Wildman–Crippen LogP) is 3.89. The zero-order valence-electron chi connectivity index (χ0n) is 16.3. The molecule has 3 rings (SSSR count). The van der Waals surface area contributed by atoms with Gasteiger partial charge in [0, 0.05) is 23.7 Å². The molecule has 0 aliphatic heterocycles. The van der Waals surface area contributed by atoms with Crippen molar-refractivity contribution in [3.63, 3.8) is 0 Å². The molecule has 0 aliphatic rings. The van der Waals surface area contributed by atoms with E-state index in [0.29, 0.717) is 34.9 Å². The van der Waals surface area contributed by atoms with Crippen LogP contribution in [0.3, 0.4) is 0 Å². The summed E-state index contributed by atoms with van der Waals surface area (Å²) < 4.78 is 10.5. The van der Waals surface area contributed by atoms with Gasteiger partial charge in [0.2, 0.25) is 0 Å². The van der Waals surface area contributed by atoms with E-state index in [4.69, 9.17) is 9.47 Å². The highest BCUT2D eigenvalue weighted by Gasteiger charge is 2.13. The molecule has 0 spiro atoms. The third kappa shape index (κ3) is 5.13. The molecule has 0 atom stereocenters. The molecule has 2 amide bonds. The molecule has 0 aliphatic carbocycles. The molecule has 0 saturated heterocycles. The fraction of sp³-hybridized carbons (Fsp3) is 0.130. The highest BCUT2D eigenvalue weighted by atomic mass is 16.5. The lowest BCUT2D eigenvalue weighted by atomic mass is 10.1. The number of methoxy groups -OCH3 is 2. The molecule has 6 heteroatoms. The maximum atomic E-state index is 12.7. The monoisotopic (exact) mass is 390 g/mol. The molecule has 2 N–H and O–H groups in total. The number of ether oxygens (including phenoxy) is 2. The first-order valence-corrected chi connectivity index (χ1v) is 9.06. The van der Waals surface area contributed by atoms with E-state index < -0.39 is 0 Å². The number of hydrogen-bond acceptors (Lipinski definition) is 4. The van der Waals surface area contributed by atoms with Gasteiger partial charge >= 0.3 is 0 Å². The van der Waals surface area contributed by atoms with E-state index in [9.17, 15) is 9.59 Å². The fourth-order valence-electron chi connectivity index (χ4n) is 2.79. The van der Waals surface area contributed by atoms with Crippen molar-refractivity contribution in [3.8, 4) is 11.5 Å². The van der Waals surface area contributed by atoms with E-state index in [-0.39, 0.29) is 11.8 Å². The van der Waals surface area contributed by atoms with E-state index in [1.807, 2.05) is 30.3 Å². The average Bonchev–Trinajstić information content (AvgIpc) is 2.78. The molecule has 0 unspecified atom stereocenters. The zero-order valence-corrected chi connectivity index (χ0v) is 16.3. The molecule has 148 valence electrons. The number of carbonyl (C=O) groups is 2. The van der Waals surface area contributed by atoms with Gasteiger partial charge in [-0.05, 0) is 35.9 Å². The van der Waals surface area contributed by atoms with E-state index in [2.05, 4.69) is 10.6 Å². The van der Waals surface area contributed by atoms with Gasteiger partial charge in [-0.2, -0.15) is 0 Å². The molecule has 0 fully saturated rings. The van der Waals surface area contributed by atoms with Crippen LogP contribution in [0.5, 0.6) is 11.5 Å². The summed E-state index contributed by atoms with van der Waals surface area (Å²) in [5.74, 6) is 0.503. The van der Waals surface area contributed by atoms with Gasteiger partial charge in [0.25, 0.3) is 11.8 Å². The highest BCUT2D eigenvalue weighted by molar-refractivity contribution is 6.06. The molecule has 0 bridgehead atoms. The Morgan fingerprint density at radius 1 is 0.793 bits per heavy atom. The van der Waals surface area contributed by atoms with Gasteiger partial charge in [0.1, 0.15) is 11.5 Å². The normalized spacial score (nSPS) is 10.1. The van der Waals surface area contributed by atoms with Gasteiger partial charge in [-0.3, -0.25) is 9.59 Å². The predicted molar refractivity (Wildman–Crippen MR) is 112 cm³/mol. The third-order valence-corrected chi connectivity index (χ3v) is 4.34. The first-order valence-electron chi connectivity index (χ1n) is 9.06. The smallest absolute Gasteiger partial charge is 0.255 e. The van der Waals surface area contributed by atoms with Gasteiger partial charge < -0.3 is 20.1 Å². The van der Waals surface area contributed by atoms with Crippen LogP contribution in [0.15, 0.2) is 72.8 Å². The van der Waals surface area contributed by atoms with Crippen LogP contribution < -0.4 is 20.1 Å². The molecule has 0 aromatic heterocycles. The van der Waals surface area contributed by atoms with Crippen LogP contribution in [-0.4, -0.2) is 26.0 Å². The Morgan fingerprint density at radius 3 is 2.21 bits per heavy atom. The van der Waals surface area contributed by atoms with Crippen LogP contribution in [0, 0.1) is 0 Å². The van der Waals surface area contributed by atoms with Crippen molar-refractivity contribution in [2.24, 2.45) is 0 Å². The standard InChI is InChI=1S/C23H22N2O4/c1-28-19-11-12-21(29-2)20(14-19)25-23(27)18-10-6-9-17(13-18)22(26)24-15-16-7-4-3-5-8-16/h3-14H,15H2,1-2H3,(H,24,26)(H,25,27). The maximum absolute atomic E-state index is 12.7. The second kappa shape index (κ2) is 9.41. The number of benzene rings is 3. The highest BCUT2D eigenvalue weighted by Crippen LogP contribution is 2.29. The first kappa shape index (κ1) is 19.9. The summed E-state index contributed by atoms with van der Waals surface area (Å²) in [7, 11) is 3.07. The quantitative estimate of drug-likeness (QED) is 0.642. The van der Waals surface area contributed by atoms with Crippen molar-refractivity contribution < 1.29 is 19.1 Å². The average molecular weight is 390 g/mol. The fourth-order valence-corrected chi connectivity index (χ4v) is 2.79. The van der Waals surface area contributed by atoms with Gasteiger partial charge in [0.05, 0.1) is 19.9 Å². The van der Waals surface area contributed by atoms with E-state index >= 15 is 0 Å². The van der Waals surface area contributed by atoms with Crippen molar-refractivity contribution in [1.82, 2.24) is 5.32 Å². The van der Waals surface area contributed by atoms with Gasteiger partial charge in [0.15, 0.2) is 0 Å². The third-order valence-electron chi connectivity index (χ3n) is 4.34. The minimum absolute atomic E-state index is 0.248. The number of rotatable bonds is 7. The minimum atomic E-state index is -0.353. The summed E-state index contributed by atoms with van der Waals surface area (Å²) in [6, 6.07) is 21.3. The lowest BCUT2D eigenvalue weighted by Gasteiger charge is -2.12. The molecule has 0 heterocycles. The van der Waals surface area contributed by atoms with Crippen molar-refractivity contribution in [3.05, 3.63) is 89.5 Å². The molecule has 6 nitrogen and oxygen atoms in total. The Balaban J connectivity index is 1.72. The molecular formula is C23H22N2O4. The Kier molecular flexibility index (Phi) is 6.47. The first-order chi connectivity index (χ1) is 14.1. The largest absolute Gasteiger partial charge is 0.497 e. The second-order valence-electron chi connectivity index (χ2n) is 6.27. The molecule has 3 aromatic rings. The van der Waals surface area contributed by atoms with Crippen molar-refractivity contribution >= 4 is 17.5 Å². The molecule has 0 saturated carbocycles. The van der Waals surface area contributed by atoms with E-state index in [0.717, 1.165) is 5.56 Å². The number of carbonyl (C=O) groups excluding carboxylic acids is 2. The second-order valence-corrected chi connectivity index (χ2v) is 6.27. The van der Waals surface area contributed by atoms with E-state index in [1.54, 1.807) is 49.6 Å². The van der Waals surface area contributed by atoms with Crippen LogP contribution in [0.25, 0.3) is 0 Å². The van der Waals surface area contributed by atoms with Crippen molar-refractivity contribution in [1.29, 1.82) is 0 Å². The van der Waals surface area contributed by atoms with Gasteiger partial charge in [-0.15, -0.1) is 0 Å². The summed E-state index contributed by atoms with van der Waals surface area (Å²) >= 11 is 0. The van der Waals surface area contributed by atoms with E-state index in [1.165, 1.54) is 7.11 Å². The SMILES string of the molecule is COc1ccc(OC)c(NC(=O)c2cccc(C(=O)NCc3ccccc3)c2)c1. The Morgan fingerprint density at radius 2 is 1.52 bits per heavy atom. The topological polar surface area (TPSA) is 76.7 Å². The van der Waals surface area contributed by atoms with Crippen molar-refractivity contribution in [2.75, 3.05) is 19.5 Å². The summed E-state index contributed by atoms with van der Waals surface area (Å²) in [6.45, 7) is 0.414. The number of hydrogen-bond donors (Lipinski definition) is 2. The summed E-state index contributed by atoms with van der Waals surface area (Å²) in [5, 5.41) is 5.66. The van der Waals surface area contributed by atoms with Crippen LogP contribution in [0.1, 0.15) is 26.3 Å². The number of anilines is 1. The summed E-state index contributed by atoms with van der Waals surface area (Å²) in [5.41, 5.74) is 2.25. The van der Waals surface area contributed by atoms with Crippen LogP contribution in [0.2, 0.25) is 0 Å². The van der Waals surface area contributed by atoms with Crippen LogP contribution in [-0.2, 0) is 6.54 Å². The van der Waals surface area contributed by atoms with Crippen LogP contribution >= 0.6 is 0 Å². The zero-order chi connectivity index (χ0) is 20.6. The molecule has 3 aromatic carbocycles. The number of nitrogens with one attached hydrogen (secondary N) is 2. The van der Waals surface area contributed by atoms with Gasteiger partial charge in [-0.1, -0.05) is 36.4 Å². The summed E-state index contributed by atoms with van der Waals surface area (Å²) in [4.78, 5) is 25.2. The Labute approximate surface area is 169 Å². The maximum Gasteiger partial charge on any atom is 0.255 e. The summed E-state index contributed by atoms with van der Waals surface area (Å²) in [6.07, 6.45) is 0. The van der Waals surface area contributed by atoms with Crippen LogP contribution in [0.4, 0.5) is 5.69 Å². The molecule has 29 heavy (non-hydrogen) atoms. The lowest BCUT2D eigenvalue weighted by molar-refractivity contribution is 0.0951. The van der Waals surface area contributed by atoms with Crippen molar-refractivity contribution in [2.45, 2.75) is 6.54 Å². The Bertz CT molecular complexity index is 1000. The Hall–Kier alpha value is -3.80. The number of amides is 2. The molecule has 0 radical (unpaired) electrons.